The minimum absolute atomic E-state index is 0.0331. The molecule has 0 atom stereocenters. The molecule has 0 aliphatic carbocycles. The van der Waals surface area contributed by atoms with Crippen LogP contribution in [-0.4, -0.2) is 21.5 Å². The molecule has 0 aliphatic heterocycles. The van der Waals surface area contributed by atoms with Crippen LogP contribution in [0.1, 0.15) is 12.5 Å². The first-order valence-corrected chi connectivity index (χ1v) is 6.53. The van der Waals surface area contributed by atoms with E-state index in [1.165, 1.54) is 26.2 Å². The van der Waals surface area contributed by atoms with Gasteiger partial charge in [-0.2, -0.15) is 8.42 Å². The molecule has 0 saturated heterocycles. The second-order valence-corrected chi connectivity index (χ2v) is 5.17. The molecule has 0 fully saturated rings. The number of aryl methyl sites for hydroxylation is 1. The van der Waals surface area contributed by atoms with Gasteiger partial charge >= 0.3 is 16.1 Å². The molecule has 0 aromatic heterocycles. The molecule has 0 radical (unpaired) electrons. The van der Waals surface area contributed by atoms with Gasteiger partial charge < -0.3 is 8.92 Å². The first kappa shape index (κ1) is 14.2. The molecule has 0 heterocycles. The van der Waals surface area contributed by atoms with Gasteiger partial charge in [-0.25, -0.2) is 4.79 Å². The minimum atomic E-state index is -3.91. The standard InChI is InChI=1S/C12H14O5S/c1-9-4-6-11(7-5-9)18(14,15)17-10(2)8-12(13)16-3/h4-8H,1-3H3/b10-8+. The molecule has 0 bridgehead atoms. The average molecular weight is 270 g/mol. The summed E-state index contributed by atoms with van der Waals surface area (Å²) in [7, 11) is -2.71. The van der Waals surface area contributed by atoms with Crippen molar-refractivity contribution in [1.29, 1.82) is 0 Å². The first-order valence-electron chi connectivity index (χ1n) is 5.12. The van der Waals surface area contributed by atoms with Crippen LogP contribution in [0.25, 0.3) is 0 Å². The fraction of sp³-hybridized carbons (Fsp3) is 0.250. The highest BCUT2D eigenvalue weighted by molar-refractivity contribution is 7.86. The third-order valence-electron chi connectivity index (χ3n) is 2.07. The van der Waals surface area contributed by atoms with E-state index >= 15 is 0 Å². The van der Waals surface area contributed by atoms with Gasteiger partial charge in [0.05, 0.1) is 13.2 Å². The molecule has 98 valence electrons. The number of methoxy groups -OCH3 is 1. The minimum Gasteiger partial charge on any atom is -0.466 e. The number of ether oxygens (including phenoxy) is 1. The number of carbonyl (C=O) groups is 1. The lowest BCUT2D eigenvalue weighted by Crippen LogP contribution is -2.06. The predicted octanol–water partition coefficient (Wildman–Crippen LogP) is 1.78. The zero-order valence-corrected chi connectivity index (χ0v) is 11.2. The van der Waals surface area contributed by atoms with Crippen molar-refractivity contribution in [2.24, 2.45) is 0 Å². The number of allylic oxidation sites excluding steroid dienone is 1. The lowest BCUT2D eigenvalue weighted by molar-refractivity contribution is -0.135. The smallest absolute Gasteiger partial charge is 0.338 e. The van der Waals surface area contributed by atoms with Crippen LogP contribution < -0.4 is 0 Å². The van der Waals surface area contributed by atoms with Gasteiger partial charge in [0.25, 0.3) is 0 Å². The molecule has 5 nitrogen and oxygen atoms in total. The quantitative estimate of drug-likeness (QED) is 0.361. The van der Waals surface area contributed by atoms with E-state index in [1.807, 2.05) is 6.92 Å². The zero-order chi connectivity index (χ0) is 13.8. The summed E-state index contributed by atoms with van der Waals surface area (Å²) in [6, 6.07) is 6.21. The van der Waals surface area contributed by atoms with Crippen LogP contribution in [0, 0.1) is 6.92 Å². The van der Waals surface area contributed by atoms with Crippen molar-refractivity contribution >= 4 is 16.1 Å². The Morgan fingerprint density at radius 3 is 2.28 bits per heavy atom. The normalized spacial score (nSPS) is 12.1. The maximum absolute atomic E-state index is 11.8. The van der Waals surface area contributed by atoms with Crippen molar-refractivity contribution < 1.29 is 22.1 Å². The van der Waals surface area contributed by atoms with Gasteiger partial charge in [-0.1, -0.05) is 17.7 Å². The third-order valence-corrected chi connectivity index (χ3v) is 3.40. The molecule has 1 aromatic carbocycles. The van der Waals surface area contributed by atoms with Crippen molar-refractivity contribution in [2.75, 3.05) is 7.11 Å². The Bertz CT molecular complexity index is 555. The summed E-state index contributed by atoms with van der Waals surface area (Å²) >= 11 is 0. The Balaban J connectivity index is 2.92. The summed E-state index contributed by atoms with van der Waals surface area (Å²) in [6.07, 6.45) is 0.964. The van der Waals surface area contributed by atoms with Crippen LogP contribution in [0.2, 0.25) is 0 Å². The van der Waals surface area contributed by atoms with Crippen molar-refractivity contribution in [3.8, 4) is 0 Å². The Hall–Kier alpha value is -1.82. The molecule has 1 aromatic rings. The molecular formula is C12H14O5S. The lowest BCUT2D eigenvalue weighted by atomic mass is 10.2. The maximum atomic E-state index is 11.8. The predicted molar refractivity (Wildman–Crippen MR) is 65.2 cm³/mol. The van der Waals surface area contributed by atoms with Crippen LogP contribution in [-0.2, 0) is 23.8 Å². The van der Waals surface area contributed by atoms with Crippen LogP contribution in [0.15, 0.2) is 41.0 Å². The summed E-state index contributed by atoms with van der Waals surface area (Å²) in [5, 5.41) is 0. The van der Waals surface area contributed by atoms with E-state index in [1.54, 1.807) is 12.1 Å². The molecule has 18 heavy (non-hydrogen) atoms. The summed E-state index contributed by atoms with van der Waals surface area (Å²) in [5.74, 6) is -0.728. The van der Waals surface area contributed by atoms with Gasteiger partial charge in [0.1, 0.15) is 10.7 Å². The van der Waals surface area contributed by atoms with Crippen LogP contribution in [0.4, 0.5) is 0 Å². The van der Waals surface area contributed by atoms with Gasteiger partial charge in [0.2, 0.25) is 0 Å². The van der Waals surface area contributed by atoms with E-state index < -0.39 is 16.1 Å². The van der Waals surface area contributed by atoms with E-state index in [0.29, 0.717) is 0 Å². The molecule has 1 rings (SSSR count). The van der Waals surface area contributed by atoms with Crippen molar-refractivity contribution in [2.45, 2.75) is 18.7 Å². The highest BCUT2D eigenvalue weighted by Crippen LogP contribution is 2.16. The van der Waals surface area contributed by atoms with E-state index in [-0.39, 0.29) is 10.7 Å². The monoisotopic (exact) mass is 270 g/mol. The van der Waals surface area contributed by atoms with Crippen LogP contribution in [0.5, 0.6) is 0 Å². The van der Waals surface area contributed by atoms with Crippen LogP contribution in [0.3, 0.4) is 0 Å². The number of esters is 1. The topological polar surface area (TPSA) is 69.7 Å². The third kappa shape index (κ3) is 3.89. The van der Waals surface area contributed by atoms with E-state index in [2.05, 4.69) is 4.74 Å². The largest absolute Gasteiger partial charge is 0.466 e. The van der Waals surface area contributed by atoms with Crippen LogP contribution >= 0.6 is 0 Å². The van der Waals surface area contributed by atoms with Gasteiger partial charge in [0, 0.05) is 0 Å². The molecule has 0 saturated carbocycles. The number of benzene rings is 1. The molecule has 0 spiro atoms. The van der Waals surface area contributed by atoms with Crippen molar-refractivity contribution in [1.82, 2.24) is 0 Å². The molecule has 0 N–H and O–H groups in total. The fourth-order valence-electron chi connectivity index (χ4n) is 1.18. The second kappa shape index (κ2) is 5.68. The second-order valence-electron chi connectivity index (χ2n) is 3.63. The highest BCUT2D eigenvalue weighted by Gasteiger charge is 2.16. The Kier molecular flexibility index (Phi) is 4.49. The first-order chi connectivity index (χ1) is 8.35. The molecule has 0 amide bonds. The number of carbonyl (C=O) groups excluding carboxylic acids is 1. The number of hydrogen-bond donors (Lipinski definition) is 0. The van der Waals surface area contributed by atoms with Crippen molar-refractivity contribution in [3.63, 3.8) is 0 Å². The Morgan fingerprint density at radius 1 is 1.22 bits per heavy atom. The maximum Gasteiger partial charge on any atom is 0.338 e. The van der Waals surface area contributed by atoms with Gasteiger partial charge in [-0.3, -0.25) is 0 Å². The fourth-order valence-corrected chi connectivity index (χ4v) is 2.13. The molecule has 0 unspecified atom stereocenters. The Morgan fingerprint density at radius 2 is 1.78 bits per heavy atom. The van der Waals surface area contributed by atoms with E-state index in [0.717, 1.165) is 11.6 Å². The summed E-state index contributed by atoms with van der Waals surface area (Å²) < 4.78 is 32.8. The Labute approximate surface area is 106 Å². The molecule has 6 heteroatoms. The summed E-state index contributed by atoms with van der Waals surface area (Å²) in [5.41, 5.74) is 0.941. The number of hydrogen-bond acceptors (Lipinski definition) is 5. The van der Waals surface area contributed by atoms with E-state index in [4.69, 9.17) is 4.18 Å². The van der Waals surface area contributed by atoms with Crippen molar-refractivity contribution in [3.05, 3.63) is 41.7 Å². The van der Waals surface area contributed by atoms with Gasteiger partial charge in [-0.15, -0.1) is 0 Å². The van der Waals surface area contributed by atoms with Gasteiger partial charge in [0.15, 0.2) is 0 Å². The summed E-state index contributed by atoms with van der Waals surface area (Å²) in [6.45, 7) is 3.21. The highest BCUT2D eigenvalue weighted by atomic mass is 32.2. The lowest BCUT2D eigenvalue weighted by Gasteiger charge is -2.07. The zero-order valence-electron chi connectivity index (χ0n) is 10.3. The summed E-state index contributed by atoms with van der Waals surface area (Å²) in [4.78, 5) is 10.9. The average Bonchev–Trinajstić information content (AvgIpc) is 2.28. The molecular weight excluding hydrogens is 256 g/mol. The van der Waals surface area contributed by atoms with Gasteiger partial charge in [-0.05, 0) is 26.0 Å². The van der Waals surface area contributed by atoms with E-state index in [9.17, 15) is 13.2 Å². The molecule has 0 aliphatic rings. The SMILES string of the molecule is COC(=O)/C=C(\C)OS(=O)(=O)c1ccc(C)cc1. The number of rotatable bonds is 4.